The molecule has 0 unspecified atom stereocenters. The van der Waals surface area contributed by atoms with Crippen LogP contribution in [-0.4, -0.2) is 35.8 Å². The maximum absolute atomic E-state index is 13.2. The first-order valence-corrected chi connectivity index (χ1v) is 11.4. The van der Waals surface area contributed by atoms with E-state index in [1.165, 1.54) is 23.1 Å². The first-order chi connectivity index (χ1) is 15.2. The summed E-state index contributed by atoms with van der Waals surface area (Å²) in [4.78, 5) is 24.9. The number of carbonyl (C=O) groups is 1. The zero-order chi connectivity index (χ0) is 21.6. The highest BCUT2D eigenvalue weighted by Gasteiger charge is 2.21. The summed E-state index contributed by atoms with van der Waals surface area (Å²) in [6, 6.07) is 17.3. The summed E-state index contributed by atoms with van der Waals surface area (Å²) in [7, 11) is 3.26. The van der Waals surface area contributed by atoms with E-state index in [1.54, 1.807) is 31.5 Å². The number of ether oxygens (including phenoxy) is 2. The molecule has 0 bridgehead atoms. The molecule has 0 atom stereocenters. The van der Waals surface area contributed by atoms with Gasteiger partial charge in [0.05, 0.1) is 36.7 Å². The highest BCUT2D eigenvalue weighted by molar-refractivity contribution is 8.00. The van der Waals surface area contributed by atoms with E-state index in [2.05, 4.69) is 4.98 Å². The Kier molecular flexibility index (Phi) is 6.69. The summed E-state index contributed by atoms with van der Waals surface area (Å²) in [5.74, 6) is 1.81. The number of amides is 1. The van der Waals surface area contributed by atoms with Gasteiger partial charge in [-0.2, -0.15) is 0 Å². The van der Waals surface area contributed by atoms with Gasteiger partial charge >= 0.3 is 0 Å². The second kappa shape index (κ2) is 9.80. The predicted molar refractivity (Wildman–Crippen MR) is 125 cm³/mol. The molecule has 4 rings (SSSR count). The van der Waals surface area contributed by atoms with Crippen LogP contribution in [0.15, 0.2) is 71.9 Å². The topological polar surface area (TPSA) is 64.5 Å². The number of thiazole rings is 1. The van der Waals surface area contributed by atoms with E-state index in [1.807, 2.05) is 54.6 Å². The van der Waals surface area contributed by atoms with Crippen molar-refractivity contribution in [3.05, 3.63) is 72.6 Å². The molecule has 0 fully saturated rings. The quantitative estimate of drug-likeness (QED) is 0.350. The average molecular weight is 452 g/mol. The van der Waals surface area contributed by atoms with Gasteiger partial charge in [0.25, 0.3) is 0 Å². The summed E-state index contributed by atoms with van der Waals surface area (Å²) in [6.45, 7) is 0.410. The van der Waals surface area contributed by atoms with E-state index in [0.717, 1.165) is 32.2 Å². The van der Waals surface area contributed by atoms with Crippen LogP contribution in [-0.2, 0) is 11.3 Å². The maximum Gasteiger partial charge on any atom is 0.239 e. The Morgan fingerprint density at radius 1 is 1.06 bits per heavy atom. The van der Waals surface area contributed by atoms with Gasteiger partial charge in [-0.25, -0.2) is 4.98 Å². The van der Waals surface area contributed by atoms with Crippen molar-refractivity contribution in [1.82, 2.24) is 9.97 Å². The van der Waals surface area contributed by atoms with Crippen molar-refractivity contribution < 1.29 is 14.3 Å². The van der Waals surface area contributed by atoms with Crippen molar-refractivity contribution >= 4 is 44.4 Å². The SMILES string of the molecule is COc1ccc(SCC(=O)N(Cc2cccnc2)c2nc3cc(OC)ccc3s2)cc1. The van der Waals surface area contributed by atoms with Gasteiger partial charge in [0.2, 0.25) is 5.91 Å². The van der Waals surface area contributed by atoms with E-state index in [9.17, 15) is 4.79 Å². The van der Waals surface area contributed by atoms with Crippen LogP contribution in [0.2, 0.25) is 0 Å². The lowest BCUT2D eigenvalue weighted by Crippen LogP contribution is -2.31. The van der Waals surface area contributed by atoms with Crippen molar-refractivity contribution in [2.24, 2.45) is 0 Å². The first-order valence-electron chi connectivity index (χ1n) is 9.57. The molecule has 0 saturated heterocycles. The number of hydrogen-bond donors (Lipinski definition) is 0. The molecule has 2 heterocycles. The summed E-state index contributed by atoms with van der Waals surface area (Å²) >= 11 is 2.98. The lowest BCUT2D eigenvalue weighted by atomic mass is 10.2. The summed E-state index contributed by atoms with van der Waals surface area (Å²) < 4.78 is 11.5. The third-order valence-electron chi connectivity index (χ3n) is 4.60. The van der Waals surface area contributed by atoms with Crippen molar-refractivity contribution in [2.45, 2.75) is 11.4 Å². The lowest BCUT2D eigenvalue weighted by molar-refractivity contribution is -0.116. The minimum atomic E-state index is -0.0179. The molecule has 0 aliphatic carbocycles. The Balaban J connectivity index is 1.58. The van der Waals surface area contributed by atoms with E-state index in [4.69, 9.17) is 14.5 Å². The molecule has 0 aliphatic rings. The van der Waals surface area contributed by atoms with Crippen LogP contribution < -0.4 is 14.4 Å². The summed E-state index contributed by atoms with van der Waals surface area (Å²) in [6.07, 6.45) is 3.49. The molecular weight excluding hydrogens is 430 g/mol. The van der Waals surface area contributed by atoms with Crippen LogP contribution in [0.3, 0.4) is 0 Å². The second-order valence-electron chi connectivity index (χ2n) is 6.64. The van der Waals surface area contributed by atoms with Crippen LogP contribution in [0.4, 0.5) is 5.13 Å². The molecule has 4 aromatic rings. The van der Waals surface area contributed by atoms with E-state index in [0.29, 0.717) is 17.4 Å². The number of hydrogen-bond acceptors (Lipinski definition) is 7. The molecule has 0 aliphatic heterocycles. The third-order valence-corrected chi connectivity index (χ3v) is 6.66. The van der Waals surface area contributed by atoms with Crippen molar-refractivity contribution in [3.8, 4) is 11.5 Å². The van der Waals surface area contributed by atoms with E-state index in [-0.39, 0.29) is 5.91 Å². The monoisotopic (exact) mass is 451 g/mol. The Hall–Kier alpha value is -3.10. The van der Waals surface area contributed by atoms with Gasteiger partial charge in [-0.3, -0.25) is 14.7 Å². The van der Waals surface area contributed by atoms with Gasteiger partial charge in [-0.15, -0.1) is 11.8 Å². The standard InChI is InChI=1S/C23H21N3O3S2/c1-28-17-5-8-19(9-6-17)30-15-22(27)26(14-16-4-3-11-24-13-16)23-25-20-12-18(29-2)7-10-21(20)31-23/h3-13H,14-15H2,1-2H3. The maximum atomic E-state index is 13.2. The first kappa shape index (κ1) is 21.1. The van der Waals surface area contributed by atoms with Crippen molar-refractivity contribution in [1.29, 1.82) is 0 Å². The number of anilines is 1. The molecule has 2 aromatic carbocycles. The van der Waals surface area contributed by atoms with E-state index < -0.39 is 0 Å². The fraction of sp³-hybridized carbons (Fsp3) is 0.174. The molecule has 0 spiro atoms. The number of nitrogens with zero attached hydrogens (tertiary/aromatic N) is 3. The largest absolute Gasteiger partial charge is 0.497 e. The predicted octanol–water partition coefficient (Wildman–Crippen LogP) is 5.03. The number of thioether (sulfide) groups is 1. The zero-order valence-corrected chi connectivity index (χ0v) is 18.8. The fourth-order valence-corrected chi connectivity index (χ4v) is 4.71. The zero-order valence-electron chi connectivity index (χ0n) is 17.1. The number of methoxy groups -OCH3 is 2. The lowest BCUT2D eigenvalue weighted by Gasteiger charge is -2.19. The Morgan fingerprint density at radius 2 is 1.84 bits per heavy atom. The number of rotatable bonds is 8. The van der Waals surface area contributed by atoms with Gasteiger partial charge in [-0.05, 0) is 48.0 Å². The van der Waals surface area contributed by atoms with Crippen molar-refractivity contribution in [3.63, 3.8) is 0 Å². The Labute approximate surface area is 188 Å². The summed E-state index contributed by atoms with van der Waals surface area (Å²) in [5, 5.41) is 0.660. The van der Waals surface area contributed by atoms with E-state index >= 15 is 0 Å². The third kappa shape index (κ3) is 5.15. The van der Waals surface area contributed by atoms with Crippen LogP contribution in [0.25, 0.3) is 10.2 Å². The van der Waals surface area contributed by atoms with Crippen LogP contribution >= 0.6 is 23.1 Å². The number of aromatic nitrogens is 2. The number of fused-ring (bicyclic) bond motifs is 1. The highest BCUT2D eigenvalue weighted by Crippen LogP contribution is 2.33. The van der Waals surface area contributed by atoms with Gasteiger partial charge in [0.1, 0.15) is 11.5 Å². The molecule has 8 heteroatoms. The number of carbonyl (C=O) groups excluding carboxylic acids is 1. The van der Waals surface area contributed by atoms with Gasteiger partial charge < -0.3 is 9.47 Å². The smallest absolute Gasteiger partial charge is 0.239 e. The molecule has 0 N–H and O–H groups in total. The van der Waals surface area contributed by atoms with Crippen LogP contribution in [0.5, 0.6) is 11.5 Å². The van der Waals surface area contributed by atoms with Crippen LogP contribution in [0, 0.1) is 0 Å². The minimum absolute atomic E-state index is 0.0179. The fourth-order valence-electron chi connectivity index (χ4n) is 2.97. The number of benzene rings is 2. The normalized spacial score (nSPS) is 10.8. The Morgan fingerprint density at radius 3 is 2.55 bits per heavy atom. The van der Waals surface area contributed by atoms with Gasteiger partial charge in [-0.1, -0.05) is 17.4 Å². The molecule has 158 valence electrons. The van der Waals surface area contributed by atoms with Crippen LogP contribution in [0.1, 0.15) is 5.56 Å². The molecule has 0 radical (unpaired) electrons. The number of pyridine rings is 1. The molecule has 1 amide bonds. The summed E-state index contributed by atoms with van der Waals surface area (Å²) in [5.41, 5.74) is 1.76. The second-order valence-corrected chi connectivity index (χ2v) is 8.69. The van der Waals surface area contributed by atoms with Gasteiger partial charge in [0, 0.05) is 23.4 Å². The average Bonchev–Trinajstić information content (AvgIpc) is 3.25. The molecule has 31 heavy (non-hydrogen) atoms. The minimum Gasteiger partial charge on any atom is -0.497 e. The molecule has 6 nitrogen and oxygen atoms in total. The molecule has 2 aromatic heterocycles. The van der Waals surface area contributed by atoms with Crippen molar-refractivity contribution in [2.75, 3.05) is 24.9 Å². The highest BCUT2D eigenvalue weighted by atomic mass is 32.2. The Bertz CT molecular complexity index is 1160. The molecule has 0 saturated carbocycles. The molecular formula is C23H21N3O3S2. The van der Waals surface area contributed by atoms with Gasteiger partial charge in [0.15, 0.2) is 5.13 Å².